The standard InChI is InChI=1S/C23H23F3N2O2S/c1-15(2)17-9-7-16(8-10-17)13-20-21(29)28(18-5-4-6-19(14-18)30-3)22(27-20)31-12-11-23(24,25)26/h4-10,13-15H,11-12H2,1-3H3/b20-13-. The Hall–Kier alpha value is -2.74. The zero-order chi connectivity index (χ0) is 22.6. The van der Waals surface area contributed by atoms with Crippen molar-refractivity contribution in [2.45, 2.75) is 32.4 Å². The number of hydrogen-bond acceptors (Lipinski definition) is 4. The number of carbonyl (C=O) groups excluding carboxylic acids is 1. The second kappa shape index (κ2) is 9.60. The fourth-order valence-electron chi connectivity index (χ4n) is 2.96. The molecule has 0 bridgehead atoms. The van der Waals surface area contributed by atoms with Crippen LogP contribution in [0, 0.1) is 0 Å². The van der Waals surface area contributed by atoms with Gasteiger partial charge in [0.15, 0.2) is 5.17 Å². The molecule has 1 heterocycles. The molecule has 4 nitrogen and oxygen atoms in total. The van der Waals surface area contributed by atoms with E-state index in [2.05, 4.69) is 18.8 Å². The summed E-state index contributed by atoms with van der Waals surface area (Å²) >= 11 is 0.905. The summed E-state index contributed by atoms with van der Waals surface area (Å²) in [4.78, 5) is 18.8. The zero-order valence-electron chi connectivity index (χ0n) is 17.4. The van der Waals surface area contributed by atoms with Crippen molar-refractivity contribution in [1.82, 2.24) is 0 Å². The lowest BCUT2D eigenvalue weighted by molar-refractivity contribution is -0.129. The third-order valence-electron chi connectivity index (χ3n) is 4.66. The van der Waals surface area contributed by atoms with Gasteiger partial charge in [0.05, 0.1) is 19.2 Å². The van der Waals surface area contributed by atoms with E-state index in [4.69, 9.17) is 4.74 Å². The number of aliphatic imine (C=N–C) groups is 1. The summed E-state index contributed by atoms with van der Waals surface area (Å²) in [5.41, 5.74) is 2.63. The van der Waals surface area contributed by atoms with Crippen LogP contribution in [0.25, 0.3) is 6.08 Å². The van der Waals surface area contributed by atoms with Crippen LogP contribution in [0.15, 0.2) is 59.2 Å². The molecule has 8 heteroatoms. The van der Waals surface area contributed by atoms with Gasteiger partial charge in [-0.3, -0.25) is 9.69 Å². The summed E-state index contributed by atoms with van der Waals surface area (Å²) in [5.74, 6) is 0.294. The predicted octanol–water partition coefficient (Wildman–Crippen LogP) is 6.25. The van der Waals surface area contributed by atoms with Crippen LogP contribution in [-0.2, 0) is 4.79 Å². The van der Waals surface area contributed by atoms with E-state index in [1.54, 1.807) is 30.3 Å². The van der Waals surface area contributed by atoms with Crippen LogP contribution < -0.4 is 9.64 Å². The molecule has 0 saturated heterocycles. The average Bonchev–Trinajstić information content (AvgIpc) is 3.02. The minimum atomic E-state index is -4.27. The molecule has 0 aliphatic carbocycles. The Morgan fingerprint density at radius 1 is 1.16 bits per heavy atom. The number of ether oxygens (including phenoxy) is 1. The van der Waals surface area contributed by atoms with Gasteiger partial charge >= 0.3 is 6.18 Å². The minimum Gasteiger partial charge on any atom is -0.497 e. The SMILES string of the molecule is COc1cccc(N2C(=O)/C(=C/c3ccc(C(C)C)cc3)N=C2SCCC(F)(F)F)c1. The van der Waals surface area contributed by atoms with Gasteiger partial charge in [-0.15, -0.1) is 0 Å². The number of methoxy groups -OCH3 is 1. The largest absolute Gasteiger partial charge is 0.497 e. The van der Waals surface area contributed by atoms with E-state index < -0.39 is 18.5 Å². The normalized spacial score (nSPS) is 15.7. The van der Waals surface area contributed by atoms with E-state index >= 15 is 0 Å². The summed E-state index contributed by atoms with van der Waals surface area (Å²) in [6, 6.07) is 14.6. The number of rotatable bonds is 6. The van der Waals surface area contributed by atoms with E-state index in [0.29, 0.717) is 17.4 Å². The van der Waals surface area contributed by atoms with E-state index in [1.165, 1.54) is 17.6 Å². The number of hydrogen-bond donors (Lipinski definition) is 0. The van der Waals surface area contributed by atoms with Gasteiger partial charge < -0.3 is 4.74 Å². The van der Waals surface area contributed by atoms with Crippen molar-refractivity contribution in [3.63, 3.8) is 0 Å². The zero-order valence-corrected chi connectivity index (χ0v) is 18.3. The molecule has 2 aromatic rings. The van der Waals surface area contributed by atoms with Crippen LogP contribution in [0.2, 0.25) is 0 Å². The molecule has 0 atom stereocenters. The van der Waals surface area contributed by atoms with E-state index in [1.807, 2.05) is 24.3 Å². The first kappa shape index (κ1) is 22.9. The molecule has 0 aromatic heterocycles. The van der Waals surface area contributed by atoms with Crippen molar-refractivity contribution >= 4 is 34.6 Å². The maximum atomic E-state index is 13.1. The summed E-state index contributed by atoms with van der Waals surface area (Å²) in [5, 5.41) is 0.215. The number of carbonyl (C=O) groups is 1. The smallest absolute Gasteiger partial charge is 0.389 e. The van der Waals surface area contributed by atoms with Crippen LogP contribution >= 0.6 is 11.8 Å². The Balaban J connectivity index is 1.92. The molecule has 164 valence electrons. The highest BCUT2D eigenvalue weighted by Gasteiger charge is 2.34. The fraction of sp³-hybridized carbons (Fsp3) is 0.304. The number of anilines is 1. The molecule has 3 rings (SSSR count). The van der Waals surface area contributed by atoms with Gasteiger partial charge in [-0.2, -0.15) is 13.2 Å². The molecular formula is C23H23F3N2O2S. The van der Waals surface area contributed by atoms with Crippen molar-refractivity contribution in [2.75, 3.05) is 17.8 Å². The van der Waals surface area contributed by atoms with Gasteiger partial charge in [0.25, 0.3) is 5.91 Å². The predicted molar refractivity (Wildman–Crippen MR) is 120 cm³/mol. The molecule has 0 saturated carbocycles. The molecule has 1 aliphatic heterocycles. The molecule has 0 N–H and O–H groups in total. The van der Waals surface area contributed by atoms with Crippen LogP contribution in [0.5, 0.6) is 5.75 Å². The van der Waals surface area contributed by atoms with Crippen molar-refractivity contribution in [3.8, 4) is 5.75 Å². The summed E-state index contributed by atoms with van der Waals surface area (Å²) < 4.78 is 43.1. The third-order valence-corrected chi connectivity index (χ3v) is 5.60. The number of benzene rings is 2. The molecular weight excluding hydrogens is 425 g/mol. The van der Waals surface area contributed by atoms with Crippen molar-refractivity contribution in [1.29, 1.82) is 0 Å². The van der Waals surface area contributed by atoms with Crippen LogP contribution in [0.4, 0.5) is 18.9 Å². The molecule has 1 amide bonds. The highest BCUT2D eigenvalue weighted by atomic mass is 32.2. The lowest BCUT2D eigenvalue weighted by Crippen LogP contribution is -2.30. The molecule has 31 heavy (non-hydrogen) atoms. The maximum Gasteiger partial charge on any atom is 0.389 e. The Kier molecular flexibility index (Phi) is 7.10. The van der Waals surface area contributed by atoms with Gasteiger partial charge in [0.1, 0.15) is 11.4 Å². The van der Waals surface area contributed by atoms with Crippen molar-refractivity contribution in [2.24, 2.45) is 4.99 Å². The van der Waals surface area contributed by atoms with Crippen LogP contribution in [0.3, 0.4) is 0 Å². The lowest BCUT2D eigenvalue weighted by Gasteiger charge is -2.18. The van der Waals surface area contributed by atoms with Gasteiger partial charge in [-0.1, -0.05) is 55.9 Å². The number of thioether (sulfide) groups is 1. The molecule has 0 spiro atoms. The molecule has 1 aliphatic rings. The van der Waals surface area contributed by atoms with Crippen molar-refractivity contribution in [3.05, 3.63) is 65.4 Å². The Bertz CT molecular complexity index is 999. The number of alkyl halides is 3. The number of amides is 1. The van der Waals surface area contributed by atoms with Crippen molar-refractivity contribution < 1.29 is 22.7 Å². The number of nitrogens with zero attached hydrogens (tertiary/aromatic N) is 2. The van der Waals surface area contributed by atoms with Crippen LogP contribution in [-0.4, -0.2) is 30.1 Å². The lowest BCUT2D eigenvalue weighted by atomic mass is 10.0. The first-order valence-corrected chi connectivity index (χ1v) is 10.7. The Morgan fingerprint density at radius 2 is 1.87 bits per heavy atom. The highest BCUT2D eigenvalue weighted by molar-refractivity contribution is 8.14. The van der Waals surface area contributed by atoms with E-state index in [9.17, 15) is 18.0 Å². The molecule has 0 radical (unpaired) electrons. The second-order valence-corrected chi connectivity index (χ2v) is 8.36. The fourth-order valence-corrected chi connectivity index (χ4v) is 3.96. The van der Waals surface area contributed by atoms with Crippen LogP contribution in [0.1, 0.15) is 37.3 Å². The number of halogens is 3. The topological polar surface area (TPSA) is 41.9 Å². The van der Waals surface area contributed by atoms with Gasteiger partial charge in [-0.05, 0) is 35.3 Å². The monoisotopic (exact) mass is 448 g/mol. The Labute approximate surface area is 183 Å². The molecule has 2 aromatic carbocycles. The third kappa shape index (κ3) is 5.91. The quantitative estimate of drug-likeness (QED) is 0.491. The van der Waals surface area contributed by atoms with E-state index in [-0.39, 0.29) is 16.6 Å². The first-order valence-electron chi connectivity index (χ1n) is 9.76. The molecule has 0 fully saturated rings. The van der Waals surface area contributed by atoms with Gasteiger partial charge in [0.2, 0.25) is 0 Å². The Morgan fingerprint density at radius 3 is 2.48 bits per heavy atom. The molecule has 0 unspecified atom stereocenters. The summed E-state index contributed by atoms with van der Waals surface area (Å²) in [7, 11) is 1.50. The summed E-state index contributed by atoms with van der Waals surface area (Å²) in [6.07, 6.45) is -3.59. The average molecular weight is 449 g/mol. The second-order valence-electron chi connectivity index (χ2n) is 7.30. The highest BCUT2D eigenvalue weighted by Crippen LogP contribution is 2.33. The maximum absolute atomic E-state index is 13.1. The van der Waals surface area contributed by atoms with Gasteiger partial charge in [0, 0.05) is 11.8 Å². The van der Waals surface area contributed by atoms with E-state index in [0.717, 1.165) is 17.3 Å². The minimum absolute atomic E-state index is 0.176. The number of amidine groups is 1. The first-order chi connectivity index (χ1) is 14.7. The summed E-state index contributed by atoms with van der Waals surface area (Å²) in [6.45, 7) is 4.18. The van der Waals surface area contributed by atoms with Gasteiger partial charge in [-0.25, -0.2) is 4.99 Å².